The van der Waals surface area contributed by atoms with Gasteiger partial charge in [-0.1, -0.05) is 42.8 Å². The summed E-state index contributed by atoms with van der Waals surface area (Å²) in [5, 5.41) is 7.08. The van der Waals surface area contributed by atoms with E-state index in [-0.39, 0.29) is 29.4 Å². The molecule has 2 aromatic carbocycles. The molecule has 1 unspecified atom stereocenters. The number of ether oxygens (including phenoxy) is 3. The standard InChI is InChI=1S/C25H33N3O3.HI/c1-18-5-4-6-20(13-18)19(2)15-27-24(26-3)28-16-25(9-11-29-12-10-25)21-7-8-22-23(14-21)31-17-30-22;/h4-8,13-14,19H,9-12,15-17H2,1-3H3,(H2,26,27,28);1H. The molecule has 0 radical (unpaired) electrons. The van der Waals surface area contributed by atoms with Crippen LogP contribution < -0.4 is 20.1 Å². The lowest BCUT2D eigenvalue weighted by atomic mass is 9.74. The van der Waals surface area contributed by atoms with Gasteiger partial charge < -0.3 is 24.8 Å². The van der Waals surface area contributed by atoms with Crippen LogP contribution in [0, 0.1) is 6.92 Å². The summed E-state index contributed by atoms with van der Waals surface area (Å²) in [4.78, 5) is 4.46. The van der Waals surface area contributed by atoms with E-state index in [9.17, 15) is 0 Å². The Hall–Kier alpha value is -2.00. The molecule has 2 N–H and O–H groups in total. The van der Waals surface area contributed by atoms with Crippen molar-refractivity contribution >= 4 is 29.9 Å². The van der Waals surface area contributed by atoms with Gasteiger partial charge in [0.05, 0.1) is 0 Å². The average Bonchev–Trinajstić information content (AvgIpc) is 3.27. The Kier molecular flexibility index (Phi) is 8.64. The van der Waals surface area contributed by atoms with Gasteiger partial charge in [0, 0.05) is 38.8 Å². The molecular weight excluding hydrogens is 517 g/mol. The van der Waals surface area contributed by atoms with E-state index in [0.29, 0.717) is 12.7 Å². The maximum Gasteiger partial charge on any atom is 0.231 e. The topological polar surface area (TPSA) is 64.1 Å². The van der Waals surface area contributed by atoms with E-state index in [1.54, 1.807) is 0 Å². The summed E-state index contributed by atoms with van der Waals surface area (Å²) in [5.74, 6) is 2.87. The first-order valence-electron chi connectivity index (χ1n) is 11.1. The number of hydrogen-bond acceptors (Lipinski definition) is 4. The Morgan fingerprint density at radius 2 is 1.84 bits per heavy atom. The summed E-state index contributed by atoms with van der Waals surface area (Å²) in [6.45, 7) is 7.79. The molecule has 0 amide bonds. The van der Waals surface area contributed by atoms with E-state index < -0.39 is 0 Å². The fourth-order valence-electron chi connectivity index (χ4n) is 4.37. The normalized spacial score (nSPS) is 17.9. The Balaban J connectivity index is 0.00000289. The van der Waals surface area contributed by atoms with Gasteiger partial charge in [0.25, 0.3) is 0 Å². The molecule has 32 heavy (non-hydrogen) atoms. The third-order valence-corrected chi connectivity index (χ3v) is 6.44. The minimum Gasteiger partial charge on any atom is -0.454 e. The van der Waals surface area contributed by atoms with E-state index >= 15 is 0 Å². The number of hydrogen-bond donors (Lipinski definition) is 2. The molecule has 0 aliphatic carbocycles. The van der Waals surface area contributed by atoms with Crippen LogP contribution in [0.5, 0.6) is 11.5 Å². The highest BCUT2D eigenvalue weighted by Crippen LogP contribution is 2.40. The zero-order chi connectivity index (χ0) is 21.7. The van der Waals surface area contributed by atoms with Crippen molar-refractivity contribution in [3.63, 3.8) is 0 Å². The second-order valence-corrected chi connectivity index (χ2v) is 8.58. The number of fused-ring (bicyclic) bond motifs is 1. The van der Waals surface area contributed by atoms with Crippen LogP contribution in [0.1, 0.15) is 42.4 Å². The van der Waals surface area contributed by atoms with E-state index in [1.165, 1.54) is 16.7 Å². The minimum absolute atomic E-state index is 0. The van der Waals surface area contributed by atoms with Gasteiger partial charge >= 0.3 is 0 Å². The smallest absolute Gasteiger partial charge is 0.231 e. The summed E-state index contributed by atoms with van der Waals surface area (Å²) >= 11 is 0. The first kappa shape index (κ1) is 24.6. The Morgan fingerprint density at radius 1 is 1.06 bits per heavy atom. The van der Waals surface area contributed by atoms with Crippen molar-refractivity contribution in [3.8, 4) is 11.5 Å². The molecule has 1 fully saturated rings. The Bertz CT molecular complexity index is 928. The fourth-order valence-corrected chi connectivity index (χ4v) is 4.37. The summed E-state index contributed by atoms with van der Waals surface area (Å²) in [7, 11) is 1.82. The van der Waals surface area contributed by atoms with Crippen molar-refractivity contribution in [2.75, 3.05) is 40.1 Å². The van der Waals surface area contributed by atoms with Crippen molar-refractivity contribution in [3.05, 3.63) is 59.2 Å². The molecule has 174 valence electrons. The van der Waals surface area contributed by atoms with Crippen LogP contribution in [0.2, 0.25) is 0 Å². The number of nitrogens with zero attached hydrogens (tertiary/aromatic N) is 1. The van der Waals surface area contributed by atoms with Gasteiger partial charge in [0.2, 0.25) is 6.79 Å². The highest BCUT2D eigenvalue weighted by Gasteiger charge is 2.36. The quantitative estimate of drug-likeness (QED) is 0.318. The molecule has 6 nitrogen and oxygen atoms in total. The first-order chi connectivity index (χ1) is 15.1. The average molecular weight is 551 g/mol. The van der Waals surface area contributed by atoms with Crippen molar-refractivity contribution in [2.24, 2.45) is 4.99 Å². The third-order valence-electron chi connectivity index (χ3n) is 6.44. The lowest BCUT2D eigenvalue weighted by molar-refractivity contribution is 0.0513. The van der Waals surface area contributed by atoms with Crippen LogP contribution >= 0.6 is 24.0 Å². The predicted molar refractivity (Wildman–Crippen MR) is 139 cm³/mol. The van der Waals surface area contributed by atoms with Gasteiger partial charge in [-0.2, -0.15) is 0 Å². The second kappa shape index (κ2) is 11.2. The molecule has 0 bridgehead atoms. The van der Waals surface area contributed by atoms with Gasteiger partial charge in [-0.3, -0.25) is 4.99 Å². The molecule has 0 saturated carbocycles. The zero-order valence-corrected chi connectivity index (χ0v) is 21.5. The van der Waals surface area contributed by atoms with Crippen molar-refractivity contribution in [1.29, 1.82) is 0 Å². The largest absolute Gasteiger partial charge is 0.454 e. The number of aliphatic imine (C=N–C) groups is 1. The maximum atomic E-state index is 5.68. The van der Waals surface area contributed by atoms with Crippen LogP contribution in [0.4, 0.5) is 0 Å². The van der Waals surface area contributed by atoms with Gasteiger partial charge in [-0.05, 0) is 48.9 Å². The van der Waals surface area contributed by atoms with E-state index in [1.807, 2.05) is 13.1 Å². The first-order valence-corrected chi connectivity index (χ1v) is 11.1. The molecule has 1 atom stereocenters. The van der Waals surface area contributed by atoms with Crippen molar-refractivity contribution in [2.45, 2.75) is 38.0 Å². The number of rotatable bonds is 6. The highest BCUT2D eigenvalue weighted by molar-refractivity contribution is 14.0. The Labute approximate surface area is 208 Å². The van der Waals surface area contributed by atoms with E-state index in [0.717, 1.165) is 56.6 Å². The summed E-state index contributed by atoms with van der Waals surface area (Å²) in [5.41, 5.74) is 3.86. The molecule has 2 heterocycles. The van der Waals surface area contributed by atoms with Crippen LogP contribution in [-0.2, 0) is 10.2 Å². The van der Waals surface area contributed by atoms with E-state index in [2.05, 4.69) is 65.9 Å². The van der Waals surface area contributed by atoms with Gasteiger partial charge in [-0.25, -0.2) is 0 Å². The summed E-state index contributed by atoms with van der Waals surface area (Å²) < 4.78 is 16.8. The highest BCUT2D eigenvalue weighted by atomic mass is 127. The SMILES string of the molecule is CN=C(NCC(C)c1cccc(C)c1)NCC1(c2ccc3c(c2)OCO3)CCOCC1.I. The number of benzene rings is 2. The molecule has 2 aliphatic heterocycles. The Morgan fingerprint density at radius 3 is 2.59 bits per heavy atom. The monoisotopic (exact) mass is 551 g/mol. The maximum absolute atomic E-state index is 5.68. The van der Waals surface area contributed by atoms with Crippen LogP contribution in [0.15, 0.2) is 47.5 Å². The van der Waals surface area contributed by atoms with Gasteiger partial charge in [0.15, 0.2) is 17.5 Å². The third kappa shape index (κ3) is 5.67. The molecular formula is C25H34IN3O3. The lowest BCUT2D eigenvalue weighted by Gasteiger charge is -2.38. The number of guanidine groups is 1. The van der Waals surface area contributed by atoms with Crippen molar-refractivity contribution < 1.29 is 14.2 Å². The van der Waals surface area contributed by atoms with Crippen molar-refractivity contribution in [1.82, 2.24) is 10.6 Å². The summed E-state index contributed by atoms with van der Waals surface area (Å²) in [6.07, 6.45) is 1.91. The van der Waals surface area contributed by atoms with Crippen LogP contribution in [-0.4, -0.2) is 46.1 Å². The zero-order valence-electron chi connectivity index (χ0n) is 19.1. The van der Waals surface area contributed by atoms with Crippen LogP contribution in [0.25, 0.3) is 0 Å². The lowest BCUT2D eigenvalue weighted by Crippen LogP contribution is -2.48. The molecule has 0 aromatic heterocycles. The molecule has 1 saturated heterocycles. The number of halogens is 1. The van der Waals surface area contributed by atoms with Crippen LogP contribution in [0.3, 0.4) is 0 Å². The molecule has 2 aromatic rings. The minimum atomic E-state index is -0.0288. The molecule has 0 spiro atoms. The molecule has 7 heteroatoms. The molecule has 4 rings (SSSR count). The predicted octanol–water partition coefficient (Wildman–Crippen LogP) is 4.36. The number of aryl methyl sites for hydroxylation is 1. The second-order valence-electron chi connectivity index (χ2n) is 8.58. The van der Waals surface area contributed by atoms with Gasteiger partial charge in [-0.15, -0.1) is 24.0 Å². The fraction of sp³-hybridized carbons (Fsp3) is 0.480. The van der Waals surface area contributed by atoms with Gasteiger partial charge in [0.1, 0.15) is 0 Å². The van der Waals surface area contributed by atoms with E-state index in [4.69, 9.17) is 14.2 Å². The summed E-state index contributed by atoms with van der Waals surface area (Å²) in [6, 6.07) is 15.0. The number of nitrogens with one attached hydrogen (secondary N) is 2. The molecule has 2 aliphatic rings.